The molecule has 58 heavy (non-hydrogen) atoms. The van der Waals surface area contributed by atoms with Crippen LogP contribution in [0.4, 0.5) is 0 Å². The zero-order valence-corrected chi connectivity index (χ0v) is 35.9. The van der Waals surface area contributed by atoms with Gasteiger partial charge < -0.3 is 19.9 Å². The van der Waals surface area contributed by atoms with Crippen molar-refractivity contribution in [2.75, 3.05) is 0 Å². The average Bonchev–Trinajstić information content (AvgIpc) is 3.21. The van der Waals surface area contributed by atoms with Gasteiger partial charge in [-0.1, -0.05) is 194 Å². The second-order valence-electron chi connectivity index (χ2n) is 15.8. The molecule has 12 heteroatoms. The zero-order chi connectivity index (χ0) is 42.6. The standard InChI is InChI=1S/C46H76N2O10/c1-3-5-7-9-11-13-15-17-19-21-23-25-27-29-31-33-41(49)57-47-43(51)37-35-38(40(46(55)56)36-39(37)45(53)54)44(52)48-58-42(50)34-32-30-28-26-24-22-20-18-16-14-12-10-8-6-4-2/h35-36H,3-34H2,1-2H3,(H,47,51)(H,48,52)(H,53,54)(H,55,56). The van der Waals surface area contributed by atoms with Gasteiger partial charge in [-0.3, -0.25) is 9.59 Å². The molecule has 0 fully saturated rings. The molecule has 0 aromatic heterocycles. The molecule has 0 heterocycles. The molecule has 1 rings (SSSR count). The number of benzene rings is 1. The Balaban J connectivity index is 2.39. The molecule has 1 aromatic carbocycles. The molecule has 1 aromatic rings. The van der Waals surface area contributed by atoms with Gasteiger partial charge in [0.2, 0.25) is 0 Å². The van der Waals surface area contributed by atoms with Crippen molar-refractivity contribution in [2.24, 2.45) is 0 Å². The fourth-order valence-corrected chi connectivity index (χ4v) is 7.03. The third-order valence-electron chi connectivity index (χ3n) is 10.6. The van der Waals surface area contributed by atoms with Crippen LogP contribution in [0, 0.1) is 0 Å². The van der Waals surface area contributed by atoms with Gasteiger partial charge in [0.25, 0.3) is 11.8 Å². The van der Waals surface area contributed by atoms with Crippen molar-refractivity contribution in [2.45, 2.75) is 219 Å². The van der Waals surface area contributed by atoms with Crippen molar-refractivity contribution < 1.29 is 48.7 Å². The van der Waals surface area contributed by atoms with Gasteiger partial charge in [-0.2, -0.15) is 11.0 Å². The van der Waals surface area contributed by atoms with Crippen LogP contribution in [0.25, 0.3) is 0 Å². The van der Waals surface area contributed by atoms with E-state index in [0.29, 0.717) is 18.9 Å². The van der Waals surface area contributed by atoms with Gasteiger partial charge in [-0.25, -0.2) is 19.2 Å². The van der Waals surface area contributed by atoms with Crippen LogP contribution in [0.1, 0.15) is 261 Å². The first-order chi connectivity index (χ1) is 28.1. The first-order valence-electron chi connectivity index (χ1n) is 22.8. The first-order valence-corrected chi connectivity index (χ1v) is 22.8. The molecule has 0 aliphatic heterocycles. The van der Waals surface area contributed by atoms with Crippen LogP contribution in [-0.2, 0) is 19.3 Å². The number of rotatable bonds is 36. The van der Waals surface area contributed by atoms with E-state index in [1.165, 1.54) is 128 Å². The van der Waals surface area contributed by atoms with E-state index in [4.69, 9.17) is 9.68 Å². The molecule has 0 aliphatic rings. The largest absolute Gasteiger partial charge is 0.478 e. The summed E-state index contributed by atoms with van der Waals surface area (Å²) in [4.78, 5) is 84.0. The average molecular weight is 817 g/mol. The molecule has 0 saturated carbocycles. The molecule has 0 radical (unpaired) electrons. The fraction of sp³-hybridized carbons (Fsp3) is 0.739. The maximum atomic E-state index is 12.9. The molecule has 0 aliphatic carbocycles. The Hall–Kier alpha value is -3.96. The lowest BCUT2D eigenvalue weighted by molar-refractivity contribution is -0.149. The van der Waals surface area contributed by atoms with Crippen LogP contribution >= 0.6 is 0 Å². The van der Waals surface area contributed by atoms with Crippen molar-refractivity contribution >= 4 is 35.7 Å². The maximum Gasteiger partial charge on any atom is 0.336 e. The van der Waals surface area contributed by atoms with Crippen LogP contribution < -0.4 is 11.0 Å². The summed E-state index contributed by atoms with van der Waals surface area (Å²) >= 11 is 0. The van der Waals surface area contributed by atoms with Gasteiger partial charge in [0.1, 0.15) is 0 Å². The van der Waals surface area contributed by atoms with Gasteiger partial charge in [0.15, 0.2) is 0 Å². The topological polar surface area (TPSA) is 185 Å². The number of aromatic carboxylic acids is 2. The molecule has 0 spiro atoms. The van der Waals surface area contributed by atoms with E-state index < -0.39 is 57.9 Å². The summed E-state index contributed by atoms with van der Waals surface area (Å²) in [5.41, 5.74) is 1.12. The van der Waals surface area contributed by atoms with E-state index in [1.54, 1.807) is 0 Å². The number of amides is 2. The van der Waals surface area contributed by atoms with Crippen LogP contribution in [0.15, 0.2) is 12.1 Å². The van der Waals surface area contributed by atoms with Crippen LogP contribution in [0.2, 0.25) is 0 Å². The van der Waals surface area contributed by atoms with Crippen molar-refractivity contribution in [1.82, 2.24) is 11.0 Å². The minimum atomic E-state index is -1.64. The van der Waals surface area contributed by atoms with Gasteiger partial charge in [0.05, 0.1) is 22.3 Å². The number of carboxylic acids is 2. The van der Waals surface area contributed by atoms with E-state index in [2.05, 4.69) is 13.8 Å². The Kier molecular flexibility index (Phi) is 31.4. The van der Waals surface area contributed by atoms with E-state index in [-0.39, 0.29) is 12.8 Å². The number of hydrogen-bond acceptors (Lipinski definition) is 8. The number of unbranched alkanes of at least 4 members (excludes halogenated alkanes) is 28. The molecule has 2 amide bonds. The monoisotopic (exact) mass is 817 g/mol. The van der Waals surface area contributed by atoms with Crippen molar-refractivity contribution in [1.29, 1.82) is 0 Å². The van der Waals surface area contributed by atoms with Crippen molar-refractivity contribution in [3.63, 3.8) is 0 Å². The van der Waals surface area contributed by atoms with E-state index in [0.717, 1.165) is 57.4 Å². The second-order valence-corrected chi connectivity index (χ2v) is 15.8. The summed E-state index contributed by atoms with van der Waals surface area (Å²) in [6.07, 6.45) is 35.4. The number of hydroxylamine groups is 2. The Morgan fingerprint density at radius 3 is 0.845 bits per heavy atom. The zero-order valence-electron chi connectivity index (χ0n) is 35.9. The normalized spacial score (nSPS) is 10.9. The Labute approximate surface area is 348 Å². The summed E-state index contributed by atoms with van der Waals surface area (Å²) in [6.45, 7) is 4.47. The third-order valence-corrected chi connectivity index (χ3v) is 10.6. The lowest BCUT2D eigenvalue weighted by atomic mass is 9.97. The van der Waals surface area contributed by atoms with Gasteiger partial charge in [-0.15, -0.1) is 0 Å². The smallest absolute Gasteiger partial charge is 0.336 e. The molecule has 0 atom stereocenters. The highest BCUT2D eigenvalue weighted by molar-refractivity contribution is 6.11. The summed E-state index contributed by atoms with van der Waals surface area (Å²) in [7, 11) is 0. The third kappa shape index (κ3) is 26.1. The number of carboxylic acid groups (broad SMARTS) is 2. The summed E-state index contributed by atoms with van der Waals surface area (Å²) in [5.74, 6) is -7.06. The summed E-state index contributed by atoms with van der Waals surface area (Å²) in [5, 5.41) is 19.4. The Morgan fingerprint density at radius 2 is 0.603 bits per heavy atom. The maximum absolute atomic E-state index is 12.9. The molecule has 0 bridgehead atoms. The first kappa shape index (κ1) is 52.1. The van der Waals surface area contributed by atoms with E-state index in [9.17, 15) is 39.0 Å². The van der Waals surface area contributed by atoms with Gasteiger partial charge >= 0.3 is 23.9 Å². The van der Waals surface area contributed by atoms with Crippen LogP contribution in [0.5, 0.6) is 0 Å². The number of nitrogens with one attached hydrogen (secondary N) is 2. The predicted molar refractivity (Wildman–Crippen MR) is 227 cm³/mol. The highest BCUT2D eigenvalue weighted by Gasteiger charge is 2.27. The van der Waals surface area contributed by atoms with Crippen molar-refractivity contribution in [3.05, 3.63) is 34.4 Å². The molecule has 0 saturated heterocycles. The lowest BCUT2D eigenvalue weighted by Gasteiger charge is -2.13. The number of carbonyl (C=O) groups excluding carboxylic acids is 4. The lowest BCUT2D eigenvalue weighted by Crippen LogP contribution is -2.31. The second kappa shape index (κ2) is 35.0. The Bertz CT molecular complexity index is 1240. The minimum Gasteiger partial charge on any atom is -0.478 e. The number of carbonyl (C=O) groups is 6. The highest BCUT2D eigenvalue weighted by Crippen LogP contribution is 2.20. The highest BCUT2D eigenvalue weighted by atomic mass is 16.7. The SMILES string of the molecule is CCCCCCCCCCCCCCCCCC(=O)ONC(=O)c1cc(C(=O)NOC(=O)CCCCCCCCCCCCCCCCC)c(C(=O)O)cc1C(=O)O. The molecule has 330 valence electrons. The fourth-order valence-electron chi connectivity index (χ4n) is 7.03. The molecular formula is C46H76N2O10. The minimum absolute atomic E-state index is 0.0424. The van der Waals surface area contributed by atoms with E-state index in [1.807, 2.05) is 11.0 Å². The summed E-state index contributed by atoms with van der Waals surface area (Å²) in [6, 6.07) is 1.41. The van der Waals surface area contributed by atoms with Crippen molar-refractivity contribution in [3.8, 4) is 0 Å². The van der Waals surface area contributed by atoms with Gasteiger partial charge in [0, 0.05) is 12.8 Å². The molecule has 4 N–H and O–H groups in total. The van der Waals surface area contributed by atoms with E-state index >= 15 is 0 Å². The summed E-state index contributed by atoms with van der Waals surface area (Å²) < 4.78 is 0. The molecule has 12 nitrogen and oxygen atoms in total. The predicted octanol–water partition coefficient (Wildman–Crippen LogP) is 12.0. The van der Waals surface area contributed by atoms with Crippen LogP contribution in [-0.4, -0.2) is 45.9 Å². The Morgan fingerprint density at radius 1 is 0.379 bits per heavy atom. The molecule has 0 unspecified atom stereocenters. The van der Waals surface area contributed by atoms with Crippen LogP contribution in [0.3, 0.4) is 0 Å². The molecular weight excluding hydrogens is 741 g/mol. The number of hydrogen-bond donors (Lipinski definition) is 4. The van der Waals surface area contributed by atoms with Gasteiger partial charge in [-0.05, 0) is 25.0 Å². The quantitative estimate of drug-likeness (QED) is 0.0375.